The Morgan fingerprint density at radius 3 is 2.05 bits per heavy atom. The zero-order chi connectivity index (χ0) is 26.7. The number of halogens is 3. The van der Waals surface area contributed by atoms with Gasteiger partial charge in [0.05, 0.1) is 21.2 Å². The molecule has 0 unspecified atom stereocenters. The van der Waals surface area contributed by atoms with Gasteiger partial charge in [-0.25, -0.2) is 8.42 Å². The van der Waals surface area contributed by atoms with E-state index in [0.717, 1.165) is 5.56 Å². The molecule has 2 N–H and O–H groups in total. The first-order valence-electron chi connectivity index (χ1n) is 10.8. The summed E-state index contributed by atoms with van der Waals surface area (Å²) in [6, 6.07) is 21.3. The summed E-state index contributed by atoms with van der Waals surface area (Å²) in [5.74, 6) is -0.997. The molecule has 4 rings (SSSR count). The number of ketones is 1. The van der Waals surface area contributed by atoms with Crippen LogP contribution in [0.5, 0.6) is 0 Å². The quantitative estimate of drug-likeness (QED) is 0.228. The van der Waals surface area contributed by atoms with Gasteiger partial charge in [-0.15, -0.1) is 0 Å². The van der Waals surface area contributed by atoms with Crippen LogP contribution in [-0.2, 0) is 10.0 Å². The van der Waals surface area contributed by atoms with Gasteiger partial charge in [0.1, 0.15) is 0 Å². The Kier molecular flexibility index (Phi) is 7.90. The number of anilines is 2. The van der Waals surface area contributed by atoms with Crippen molar-refractivity contribution in [3.8, 4) is 0 Å². The molecule has 0 heterocycles. The average molecular weight is 574 g/mol. The maximum atomic E-state index is 13.2. The van der Waals surface area contributed by atoms with Gasteiger partial charge in [-0.3, -0.25) is 14.3 Å². The van der Waals surface area contributed by atoms with Gasteiger partial charge in [-0.1, -0.05) is 52.5 Å². The van der Waals surface area contributed by atoms with E-state index in [4.69, 9.17) is 34.8 Å². The highest BCUT2D eigenvalue weighted by Gasteiger charge is 2.20. The molecular weight excluding hydrogens is 555 g/mol. The summed E-state index contributed by atoms with van der Waals surface area (Å²) in [4.78, 5) is 26.2. The van der Waals surface area contributed by atoms with Crippen LogP contribution < -0.4 is 10.0 Å². The van der Waals surface area contributed by atoms with Gasteiger partial charge in [-0.2, -0.15) is 0 Å². The minimum absolute atomic E-state index is 0.0104. The molecule has 6 nitrogen and oxygen atoms in total. The smallest absolute Gasteiger partial charge is 0.261 e. The number of carbonyl (C=O) groups excluding carboxylic acids is 2. The maximum absolute atomic E-state index is 13.2. The SMILES string of the molecule is Cc1ccc(S(=O)(=O)Nc2ccc(Cl)cc2C(=O)Nc2ccc(Cl)c(C(=O)c3ccc(Cl)cc3)c2)cc1. The number of aryl methyl sites for hydroxylation is 1. The predicted octanol–water partition coefficient (Wildman–Crippen LogP) is 7.24. The van der Waals surface area contributed by atoms with E-state index in [1.807, 2.05) is 6.92 Å². The molecule has 37 heavy (non-hydrogen) atoms. The molecule has 0 aliphatic heterocycles. The van der Waals surface area contributed by atoms with E-state index in [-0.39, 0.29) is 43.2 Å². The average Bonchev–Trinajstić information content (AvgIpc) is 2.86. The molecule has 0 atom stereocenters. The van der Waals surface area contributed by atoms with Gasteiger partial charge < -0.3 is 5.32 Å². The topological polar surface area (TPSA) is 92.3 Å². The lowest BCUT2D eigenvalue weighted by molar-refractivity contribution is 0.102. The standard InChI is InChI=1S/C27H19Cl3N2O4S/c1-16-2-10-21(11-3-16)37(35,36)32-25-13-8-19(29)14-23(25)27(34)31-20-9-12-24(30)22(15-20)26(33)17-4-6-18(28)7-5-17/h2-15,32H,1H3,(H,31,34). The first kappa shape index (κ1) is 26.7. The fourth-order valence-corrected chi connectivity index (χ4v) is 5.03. The van der Waals surface area contributed by atoms with Gasteiger partial charge in [-0.05, 0) is 79.7 Å². The number of nitrogens with one attached hydrogen (secondary N) is 2. The Hall–Kier alpha value is -3.36. The van der Waals surface area contributed by atoms with Crippen molar-refractivity contribution in [2.45, 2.75) is 11.8 Å². The highest BCUT2D eigenvalue weighted by Crippen LogP contribution is 2.27. The summed E-state index contributed by atoms with van der Waals surface area (Å²) in [5, 5.41) is 3.60. The number of amides is 1. The molecule has 10 heteroatoms. The zero-order valence-electron chi connectivity index (χ0n) is 19.3. The number of hydrogen-bond acceptors (Lipinski definition) is 4. The van der Waals surface area contributed by atoms with Crippen molar-refractivity contribution < 1.29 is 18.0 Å². The van der Waals surface area contributed by atoms with Crippen LogP contribution in [0.4, 0.5) is 11.4 Å². The van der Waals surface area contributed by atoms with Crippen LogP contribution in [0.2, 0.25) is 15.1 Å². The number of carbonyl (C=O) groups is 2. The number of sulfonamides is 1. The number of rotatable bonds is 7. The predicted molar refractivity (Wildman–Crippen MR) is 148 cm³/mol. The molecule has 0 bridgehead atoms. The zero-order valence-corrected chi connectivity index (χ0v) is 22.3. The second kappa shape index (κ2) is 10.9. The monoisotopic (exact) mass is 572 g/mol. The molecule has 4 aromatic rings. The van der Waals surface area contributed by atoms with Crippen LogP contribution in [0.25, 0.3) is 0 Å². The van der Waals surface area contributed by atoms with Crippen LogP contribution >= 0.6 is 34.8 Å². The molecule has 0 spiro atoms. The van der Waals surface area contributed by atoms with Crippen molar-refractivity contribution in [3.63, 3.8) is 0 Å². The van der Waals surface area contributed by atoms with E-state index >= 15 is 0 Å². The summed E-state index contributed by atoms with van der Waals surface area (Å²) in [6.45, 7) is 1.84. The lowest BCUT2D eigenvalue weighted by Gasteiger charge is -2.14. The molecule has 0 fully saturated rings. The van der Waals surface area contributed by atoms with Crippen molar-refractivity contribution >= 4 is 67.9 Å². The molecule has 0 aromatic heterocycles. The van der Waals surface area contributed by atoms with E-state index in [9.17, 15) is 18.0 Å². The third-order valence-corrected chi connectivity index (χ3v) is 7.58. The second-order valence-corrected chi connectivity index (χ2v) is 11.1. The first-order chi connectivity index (χ1) is 17.5. The van der Waals surface area contributed by atoms with E-state index < -0.39 is 15.9 Å². The molecule has 188 valence electrons. The highest BCUT2D eigenvalue weighted by molar-refractivity contribution is 7.92. The van der Waals surface area contributed by atoms with Crippen molar-refractivity contribution in [2.24, 2.45) is 0 Å². The van der Waals surface area contributed by atoms with Crippen molar-refractivity contribution in [1.82, 2.24) is 0 Å². The van der Waals surface area contributed by atoms with Gasteiger partial charge in [0, 0.05) is 26.9 Å². The summed E-state index contributed by atoms with van der Waals surface area (Å²) in [7, 11) is -3.97. The minimum Gasteiger partial charge on any atom is -0.322 e. The van der Waals surface area contributed by atoms with Crippen LogP contribution in [0.1, 0.15) is 31.8 Å². The Morgan fingerprint density at radius 1 is 0.730 bits per heavy atom. The fraction of sp³-hybridized carbons (Fsp3) is 0.0370. The molecule has 0 aliphatic rings. The molecule has 0 radical (unpaired) electrons. The maximum Gasteiger partial charge on any atom is 0.261 e. The lowest BCUT2D eigenvalue weighted by Crippen LogP contribution is -2.19. The Labute approximate surface area is 229 Å². The van der Waals surface area contributed by atoms with Gasteiger partial charge >= 0.3 is 0 Å². The molecular formula is C27H19Cl3N2O4S. The Morgan fingerprint density at radius 2 is 1.38 bits per heavy atom. The van der Waals surface area contributed by atoms with Crippen LogP contribution in [-0.4, -0.2) is 20.1 Å². The normalized spacial score (nSPS) is 11.1. The molecule has 1 amide bonds. The summed E-state index contributed by atoms with van der Waals surface area (Å²) >= 11 is 18.3. The fourth-order valence-electron chi connectivity index (χ4n) is 3.45. The number of benzene rings is 4. The summed E-state index contributed by atoms with van der Waals surface area (Å²) in [5.41, 5.74) is 1.75. The minimum atomic E-state index is -3.97. The van der Waals surface area contributed by atoms with E-state index in [2.05, 4.69) is 10.0 Å². The van der Waals surface area contributed by atoms with Crippen LogP contribution in [0, 0.1) is 6.92 Å². The molecule has 4 aromatic carbocycles. The van der Waals surface area contributed by atoms with Gasteiger partial charge in [0.2, 0.25) is 0 Å². The first-order valence-corrected chi connectivity index (χ1v) is 13.5. The van der Waals surface area contributed by atoms with Crippen molar-refractivity contribution in [3.05, 3.63) is 122 Å². The van der Waals surface area contributed by atoms with Crippen molar-refractivity contribution in [1.29, 1.82) is 0 Å². The molecule has 0 aliphatic carbocycles. The van der Waals surface area contributed by atoms with Crippen molar-refractivity contribution in [2.75, 3.05) is 10.0 Å². The van der Waals surface area contributed by atoms with Crippen LogP contribution in [0.15, 0.2) is 89.8 Å². The summed E-state index contributed by atoms with van der Waals surface area (Å²) < 4.78 is 28.3. The Bertz CT molecular complexity index is 1600. The van der Waals surface area contributed by atoms with E-state index in [0.29, 0.717) is 10.6 Å². The number of hydrogen-bond donors (Lipinski definition) is 2. The highest BCUT2D eigenvalue weighted by atomic mass is 35.5. The molecule has 0 saturated carbocycles. The third kappa shape index (κ3) is 6.32. The summed E-state index contributed by atoms with van der Waals surface area (Å²) in [6.07, 6.45) is 0. The van der Waals surface area contributed by atoms with E-state index in [1.54, 1.807) is 36.4 Å². The largest absolute Gasteiger partial charge is 0.322 e. The second-order valence-electron chi connectivity index (χ2n) is 8.09. The third-order valence-electron chi connectivity index (χ3n) is 5.38. The van der Waals surface area contributed by atoms with Crippen LogP contribution in [0.3, 0.4) is 0 Å². The molecule has 0 saturated heterocycles. The van der Waals surface area contributed by atoms with Gasteiger partial charge in [0.15, 0.2) is 5.78 Å². The lowest BCUT2D eigenvalue weighted by atomic mass is 10.0. The van der Waals surface area contributed by atoms with E-state index in [1.165, 1.54) is 48.5 Å². The van der Waals surface area contributed by atoms with Gasteiger partial charge in [0.25, 0.3) is 15.9 Å². The Balaban J connectivity index is 1.62.